The van der Waals surface area contributed by atoms with E-state index in [-0.39, 0.29) is 46.1 Å². The van der Waals surface area contributed by atoms with Crippen LogP contribution in [-0.4, -0.2) is 48.5 Å². The fourth-order valence-corrected chi connectivity index (χ4v) is 4.87. The third-order valence-electron chi connectivity index (χ3n) is 7.51. The Hall–Kier alpha value is -3.57. The first-order valence-corrected chi connectivity index (χ1v) is 13.7. The van der Waals surface area contributed by atoms with Crippen LogP contribution in [0.5, 0.6) is 17.2 Å². The number of hydrogen-bond acceptors (Lipinski definition) is 6. The van der Waals surface area contributed by atoms with E-state index in [1.54, 1.807) is 0 Å². The summed E-state index contributed by atoms with van der Waals surface area (Å²) in [7, 11) is 1.39. The molecule has 1 atom stereocenters. The summed E-state index contributed by atoms with van der Waals surface area (Å²) in [6, 6.07) is 9.02. The Morgan fingerprint density at radius 3 is 2.55 bits per heavy atom. The van der Waals surface area contributed by atoms with Crippen LogP contribution in [0.15, 0.2) is 42.5 Å². The predicted octanol–water partition coefficient (Wildman–Crippen LogP) is 6.33. The molecule has 0 spiro atoms. The number of aromatic nitrogens is 1. The number of alkyl halides is 3. The van der Waals surface area contributed by atoms with Gasteiger partial charge in [0.2, 0.25) is 5.60 Å². The zero-order chi connectivity index (χ0) is 30.4. The van der Waals surface area contributed by atoms with Crippen molar-refractivity contribution in [2.75, 3.05) is 20.3 Å². The van der Waals surface area contributed by atoms with Crippen LogP contribution in [-0.2, 0) is 11.0 Å². The molecule has 5 rings (SSSR count). The van der Waals surface area contributed by atoms with E-state index in [0.29, 0.717) is 17.7 Å². The number of hydrogen-bond donors (Lipinski definition) is 2. The van der Waals surface area contributed by atoms with Gasteiger partial charge in [-0.1, -0.05) is 25.4 Å². The third-order valence-corrected chi connectivity index (χ3v) is 7.80. The van der Waals surface area contributed by atoms with Crippen LogP contribution in [0.3, 0.4) is 0 Å². The highest BCUT2D eigenvalue weighted by atomic mass is 35.5. The number of ether oxygens (including phenoxy) is 3. The van der Waals surface area contributed by atoms with Crippen molar-refractivity contribution in [1.29, 1.82) is 0 Å². The highest BCUT2D eigenvalue weighted by Crippen LogP contribution is 2.47. The molecule has 1 aliphatic heterocycles. The van der Waals surface area contributed by atoms with Crippen LogP contribution in [0.4, 0.5) is 17.6 Å². The van der Waals surface area contributed by atoms with Gasteiger partial charge in [0.25, 0.3) is 5.91 Å². The maximum Gasteiger partial charge on any atom is 0.424 e. The van der Waals surface area contributed by atoms with E-state index < -0.39 is 41.2 Å². The van der Waals surface area contributed by atoms with Crippen molar-refractivity contribution in [2.24, 2.45) is 0 Å². The Kier molecular flexibility index (Phi) is 7.78. The first kappa shape index (κ1) is 29.9. The monoisotopic (exact) mass is 608 g/mol. The lowest BCUT2D eigenvalue weighted by molar-refractivity contribution is -0.265. The van der Waals surface area contributed by atoms with Crippen LogP contribution in [0.1, 0.15) is 54.7 Å². The Labute approximate surface area is 244 Å². The van der Waals surface area contributed by atoms with Gasteiger partial charge in [-0.2, -0.15) is 13.2 Å². The van der Waals surface area contributed by atoms with Gasteiger partial charge in [-0.15, -0.1) is 0 Å². The summed E-state index contributed by atoms with van der Waals surface area (Å²) in [5.74, 6) is -0.709. The second kappa shape index (κ2) is 10.9. The smallest absolute Gasteiger partial charge is 0.424 e. The molecule has 1 saturated carbocycles. The van der Waals surface area contributed by atoms with Crippen LogP contribution < -0.4 is 19.5 Å². The molecule has 2 aromatic carbocycles. The van der Waals surface area contributed by atoms with Crippen LogP contribution in [0, 0.1) is 5.82 Å². The van der Waals surface area contributed by atoms with Crippen LogP contribution in [0.25, 0.3) is 11.3 Å². The van der Waals surface area contributed by atoms with Gasteiger partial charge < -0.3 is 24.6 Å². The Bertz CT molecular complexity index is 1530. The molecule has 1 aromatic heterocycles. The van der Waals surface area contributed by atoms with Crippen molar-refractivity contribution >= 4 is 17.5 Å². The first-order chi connectivity index (χ1) is 19.7. The fourth-order valence-electron chi connectivity index (χ4n) is 4.69. The lowest BCUT2D eigenvalue weighted by Gasteiger charge is -2.36. The minimum atomic E-state index is -5.25. The average molecular weight is 609 g/mol. The van der Waals surface area contributed by atoms with Gasteiger partial charge in [-0.3, -0.25) is 4.79 Å². The number of amides is 1. The molecule has 0 radical (unpaired) electrons. The maximum absolute atomic E-state index is 14.6. The minimum Gasteiger partial charge on any atom is -0.493 e. The average Bonchev–Trinajstić information content (AvgIpc) is 3.76. The third kappa shape index (κ3) is 5.72. The fraction of sp³-hybridized carbons (Fsp3) is 0.400. The zero-order valence-corrected chi connectivity index (χ0v) is 23.8. The molecule has 0 saturated heterocycles. The van der Waals surface area contributed by atoms with E-state index in [4.69, 9.17) is 25.8 Å². The topological polar surface area (TPSA) is 89.9 Å². The lowest BCUT2D eigenvalue weighted by atomic mass is 9.78. The number of nitrogens with zero attached hydrogens (tertiary/aromatic N) is 1. The van der Waals surface area contributed by atoms with E-state index >= 15 is 0 Å². The molecular weight excluding hydrogens is 580 g/mol. The van der Waals surface area contributed by atoms with Gasteiger partial charge in [0.1, 0.15) is 17.3 Å². The second-order valence-electron chi connectivity index (χ2n) is 11.1. The molecule has 224 valence electrons. The van der Waals surface area contributed by atoms with E-state index in [0.717, 1.165) is 25.0 Å². The quantitative estimate of drug-likeness (QED) is 0.291. The second-order valence-corrected chi connectivity index (χ2v) is 11.5. The molecule has 1 amide bonds. The Morgan fingerprint density at radius 2 is 1.90 bits per heavy atom. The van der Waals surface area contributed by atoms with Gasteiger partial charge in [-0.05, 0) is 67.1 Å². The molecule has 0 bridgehead atoms. The number of methoxy groups -OCH3 is 1. The normalized spacial score (nSPS) is 17.5. The molecule has 2 aliphatic rings. The van der Waals surface area contributed by atoms with E-state index in [9.17, 15) is 27.5 Å². The summed E-state index contributed by atoms with van der Waals surface area (Å²) in [5.41, 5.74) is -4.46. The minimum absolute atomic E-state index is 0.00842. The van der Waals surface area contributed by atoms with Crippen molar-refractivity contribution < 1.29 is 41.7 Å². The molecule has 7 nitrogen and oxygen atoms in total. The maximum atomic E-state index is 14.6. The number of nitrogens with one attached hydrogen (secondary N) is 1. The molecule has 1 fully saturated rings. The molecular formula is C30H29ClF4N2O5. The SMILES string of the molecule is COc1cc(C(=O)NCC(O)(c2cc3c(c(-c4ccc(F)c(Cl)c4)n2)OCCC3(C)C)C(F)(F)F)ccc1OC1CC1. The molecule has 2 heterocycles. The van der Waals surface area contributed by atoms with Crippen molar-refractivity contribution in [3.8, 4) is 28.5 Å². The highest BCUT2D eigenvalue weighted by molar-refractivity contribution is 6.31. The number of carbonyl (C=O) groups excluding carboxylic acids is 1. The summed E-state index contributed by atoms with van der Waals surface area (Å²) in [4.78, 5) is 17.2. The number of benzene rings is 2. The van der Waals surface area contributed by atoms with Gasteiger partial charge in [0.15, 0.2) is 11.5 Å². The summed E-state index contributed by atoms with van der Waals surface area (Å²) < 4.78 is 74.7. The van der Waals surface area contributed by atoms with Crippen molar-refractivity contribution in [2.45, 2.75) is 56.4 Å². The zero-order valence-electron chi connectivity index (χ0n) is 23.1. The predicted molar refractivity (Wildman–Crippen MR) is 147 cm³/mol. The summed E-state index contributed by atoms with van der Waals surface area (Å²) in [6.45, 7) is 2.70. The summed E-state index contributed by atoms with van der Waals surface area (Å²) in [6.07, 6.45) is -2.90. The van der Waals surface area contributed by atoms with Crippen molar-refractivity contribution in [3.05, 3.63) is 70.1 Å². The van der Waals surface area contributed by atoms with Crippen LogP contribution >= 0.6 is 11.6 Å². The first-order valence-electron chi connectivity index (χ1n) is 13.3. The number of halogens is 5. The van der Waals surface area contributed by atoms with E-state index in [2.05, 4.69) is 10.3 Å². The molecule has 1 aliphatic carbocycles. The van der Waals surface area contributed by atoms with Gasteiger partial charge in [0.05, 0.1) is 37.1 Å². The number of carbonyl (C=O) groups is 1. The molecule has 12 heteroatoms. The summed E-state index contributed by atoms with van der Waals surface area (Å²) in [5, 5.41) is 13.2. The Morgan fingerprint density at radius 1 is 1.17 bits per heavy atom. The molecule has 42 heavy (non-hydrogen) atoms. The number of rotatable bonds is 8. The van der Waals surface area contributed by atoms with E-state index in [1.807, 2.05) is 13.8 Å². The van der Waals surface area contributed by atoms with Crippen molar-refractivity contribution in [1.82, 2.24) is 10.3 Å². The Balaban J connectivity index is 1.53. The van der Waals surface area contributed by atoms with Gasteiger partial charge in [-0.25, -0.2) is 9.37 Å². The number of aliphatic hydroxyl groups is 1. The van der Waals surface area contributed by atoms with E-state index in [1.165, 1.54) is 37.4 Å². The van der Waals surface area contributed by atoms with Crippen LogP contribution in [0.2, 0.25) is 5.02 Å². The largest absolute Gasteiger partial charge is 0.493 e. The number of pyridine rings is 1. The molecule has 1 unspecified atom stereocenters. The molecule has 3 aromatic rings. The summed E-state index contributed by atoms with van der Waals surface area (Å²) >= 11 is 5.97. The van der Waals surface area contributed by atoms with Gasteiger partial charge >= 0.3 is 6.18 Å². The van der Waals surface area contributed by atoms with Gasteiger partial charge in [0, 0.05) is 16.7 Å². The molecule has 2 N–H and O–H groups in total. The lowest BCUT2D eigenvalue weighted by Crippen LogP contribution is -2.51. The number of fused-ring (bicyclic) bond motifs is 1. The van der Waals surface area contributed by atoms with Crippen molar-refractivity contribution in [3.63, 3.8) is 0 Å². The standard InChI is InChI=1S/C30H29ClF4N2O5/c1-28(2)10-11-41-26-19(28)14-24(37-25(26)16-4-8-21(32)20(31)12-16)29(39,30(33,34)35)15-36-27(38)17-5-9-22(23(13-17)40-3)42-18-6-7-18/h4-5,8-9,12-14,18,39H,6-7,10-11,15H2,1-3H3,(H,36,38). The highest BCUT2D eigenvalue weighted by Gasteiger charge is 2.57.